The normalized spacial score (nSPS) is 12.6. The van der Waals surface area contributed by atoms with Crippen LogP contribution in [0.5, 0.6) is 0 Å². The maximum Gasteiger partial charge on any atom is 0.107 e. The molecule has 18 heavy (non-hydrogen) atoms. The molecule has 0 aliphatic carbocycles. The summed E-state index contributed by atoms with van der Waals surface area (Å²) in [6, 6.07) is 8.46. The van der Waals surface area contributed by atoms with Crippen LogP contribution in [0.1, 0.15) is 23.2 Å². The van der Waals surface area contributed by atoms with Crippen LogP contribution < -0.4 is 5.32 Å². The van der Waals surface area contributed by atoms with Gasteiger partial charge in [-0.2, -0.15) is 0 Å². The monoisotopic (exact) mass is 280 g/mol. The molecule has 0 saturated carbocycles. The van der Waals surface area contributed by atoms with Crippen LogP contribution in [0.4, 0.5) is 0 Å². The zero-order valence-corrected chi connectivity index (χ0v) is 12.2. The molecule has 1 aromatic carbocycles. The summed E-state index contributed by atoms with van der Waals surface area (Å²) in [6.07, 6.45) is 1.00. The number of aryl methyl sites for hydroxylation is 1. The average molecular weight is 281 g/mol. The van der Waals surface area contributed by atoms with E-state index in [2.05, 4.69) is 34.7 Å². The number of hydrogen-bond donors (Lipinski definition) is 1. The van der Waals surface area contributed by atoms with Gasteiger partial charge in [0.05, 0.1) is 0 Å². The van der Waals surface area contributed by atoms with Crippen LogP contribution >= 0.6 is 22.9 Å². The van der Waals surface area contributed by atoms with Gasteiger partial charge in [0.2, 0.25) is 0 Å². The third-order valence-corrected chi connectivity index (χ3v) is 3.94. The van der Waals surface area contributed by atoms with Crippen molar-refractivity contribution in [3.63, 3.8) is 0 Å². The molecular formula is C14H17ClN2S. The van der Waals surface area contributed by atoms with Crippen molar-refractivity contribution in [2.45, 2.75) is 32.9 Å². The molecular weight excluding hydrogens is 264 g/mol. The molecule has 1 unspecified atom stereocenters. The fourth-order valence-electron chi connectivity index (χ4n) is 1.79. The smallest absolute Gasteiger partial charge is 0.107 e. The van der Waals surface area contributed by atoms with E-state index in [1.54, 1.807) is 11.3 Å². The first-order valence-electron chi connectivity index (χ1n) is 6.02. The Balaban J connectivity index is 1.81. The van der Waals surface area contributed by atoms with E-state index in [1.165, 1.54) is 5.56 Å². The first kappa shape index (κ1) is 13.5. The molecule has 1 N–H and O–H groups in total. The van der Waals surface area contributed by atoms with Crippen molar-refractivity contribution in [2.75, 3.05) is 0 Å². The van der Waals surface area contributed by atoms with E-state index in [9.17, 15) is 0 Å². The van der Waals surface area contributed by atoms with Crippen molar-refractivity contribution < 1.29 is 0 Å². The van der Waals surface area contributed by atoms with Crippen LogP contribution in [0.25, 0.3) is 0 Å². The predicted octanol–water partition coefficient (Wildman–Crippen LogP) is 3.83. The zero-order chi connectivity index (χ0) is 13.0. The maximum atomic E-state index is 5.87. The Bertz CT molecular complexity index is 493. The number of benzene rings is 1. The van der Waals surface area contributed by atoms with Gasteiger partial charge in [0.15, 0.2) is 0 Å². The Hall–Kier alpha value is -0.900. The van der Waals surface area contributed by atoms with Gasteiger partial charge < -0.3 is 5.32 Å². The number of thiazole rings is 1. The Morgan fingerprint density at radius 3 is 2.67 bits per heavy atom. The minimum Gasteiger partial charge on any atom is -0.308 e. The lowest BCUT2D eigenvalue weighted by molar-refractivity contribution is 0.544. The van der Waals surface area contributed by atoms with Gasteiger partial charge in [-0.05, 0) is 38.0 Å². The van der Waals surface area contributed by atoms with Gasteiger partial charge in [0, 0.05) is 28.7 Å². The van der Waals surface area contributed by atoms with Crippen LogP contribution in [0.2, 0.25) is 5.02 Å². The summed E-state index contributed by atoms with van der Waals surface area (Å²) in [5, 5.41) is 7.51. The molecule has 0 radical (unpaired) electrons. The number of nitrogens with one attached hydrogen (secondary N) is 1. The van der Waals surface area contributed by atoms with Crippen molar-refractivity contribution in [1.82, 2.24) is 10.3 Å². The van der Waals surface area contributed by atoms with Gasteiger partial charge in [-0.25, -0.2) is 4.98 Å². The largest absolute Gasteiger partial charge is 0.308 e. The molecule has 1 heterocycles. The fraction of sp³-hybridized carbons (Fsp3) is 0.357. The van der Waals surface area contributed by atoms with E-state index in [0.29, 0.717) is 6.04 Å². The van der Waals surface area contributed by atoms with Gasteiger partial charge in [-0.15, -0.1) is 11.3 Å². The van der Waals surface area contributed by atoms with E-state index in [-0.39, 0.29) is 0 Å². The molecule has 1 aromatic heterocycles. The van der Waals surface area contributed by atoms with Gasteiger partial charge in [0.1, 0.15) is 5.01 Å². The predicted molar refractivity (Wildman–Crippen MR) is 78.3 cm³/mol. The molecule has 0 aliphatic rings. The minimum atomic E-state index is 0.426. The summed E-state index contributed by atoms with van der Waals surface area (Å²) < 4.78 is 0. The van der Waals surface area contributed by atoms with Crippen LogP contribution in [0, 0.1) is 6.92 Å². The molecule has 0 amide bonds. The maximum absolute atomic E-state index is 5.87. The summed E-state index contributed by atoms with van der Waals surface area (Å²) in [5.74, 6) is 0. The van der Waals surface area contributed by atoms with E-state index in [0.717, 1.165) is 28.7 Å². The van der Waals surface area contributed by atoms with Gasteiger partial charge in [0.25, 0.3) is 0 Å². The van der Waals surface area contributed by atoms with Crippen LogP contribution in [0.3, 0.4) is 0 Å². The molecule has 0 bridgehead atoms. The SMILES string of the molecule is Cc1csc(CNC(C)Cc2ccc(Cl)cc2)n1. The minimum absolute atomic E-state index is 0.426. The Labute approximate surface area is 117 Å². The van der Waals surface area contributed by atoms with Gasteiger partial charge in [-0.1, -0.05) is 23.7 Å². The molecule has 2 rings (SSSR count). The second kappa shape index (κ2) is 6.32. The first-order chi connectivity index (χ1) is 8.63. The molecule has 0 fully saturated rings. The topological polar surface area (TPSA) is 24.9 Å². The van der Waals surface area contributed by atoms with E-state index < -0.39 is 0 Å². The van der Waals surface area contributed by atoms with E-state index in [4.69, 9.17) is 11.6 Å². The second-order valence-electron chi connectivity index (χ2n) is 4.50. The van der Waals surface area contributed by atoms with Gasteiger partial charge >= 0.3 is 0 Å². The summed E-state index contributed by atoms with van der Waals surface area (Å²) in [7, 11) is 0. The molecule has 0 spiro atoms. The zero-order valence-electron chi connectivity index (χ0n) is 10.6. The Kier molecular flexibility index (Phi) is 4.75. The summed E-state index contributed by atoms with van der Waals surface area (Å²) in [6.45, 7) is 5.06. The van der Waals surface area contributed by atoms with Crippen molar-refractivity contribution >= 4 is 22.9 Å². The molecule has 0 aliphatic heterocycles. The molecule has 2 aromatic rings. The lowest BCUT2D eigenvalue weighted by Gasteiger charge is -2.12. The summed E-state index contributed by atoms with van der Waals surface area (Å²) in [4.78, 5) is 4.44. The molecule has 2 nitrogen and oxygen atoms in total. The van der Waals surface area contributed by atoms with Crippen molar-refractivity contribution in [3.05, 3.63) is 50.9 Å². The first-order valence-corrected chi connectivity index (χ1v) is 7.28. The number of halogens is 1. The number of hydrogen-bond acceptors (Lipinski definition) is 3. The quantitative estimate of drug-likeness (QED) is 0.900. The Morgan fingerprint density at radius 1 is 1.33 bits per heavy atom. The van der Waals surface area contributed by atoms with Crippen molar-refractivity contribution in [3.8, 4) is 0 Å². The van der Waals surface area contributed by atoms with E-state index in [1.807, 2.05) is 19.1 Å². The molecule has 1 atom stereocenters. The van der Waals surface area contributed by atoms with Gasteiger partial charge in [-0.3, -0.25) is 0 Å². The third-order valence-electron chi connectivity index (χ3n) is 2.72. The lowest BCUT2D eigenvalue weighted by Crippen LogP contribution is -2.27. The third kappa shape index (κ3) is 4.09. The second-order valence-corrected chi connectivity index (χ2v) is 5.87. The summed E-state index contributed by atoms with van der Waals surface area (Å²) in [5.41, 5.74) is 2.40. The van der Waals surface area contributed by atoms with Crippen LogP contribution in [-0.4, -0.2) is 11.0 Å². The highest BCUT2D eigenvalue weighted by Gasteiger charge is 2.05. The highest BCUT2D eigenvalue weighted by atomic mass is 35.5. The standard InChI is InChI=1S/C14H17ClN2S/c1-10(7-12-3-5-13(15)6-4-12)16-8-14-17-11(2)9-18-14/h3-6,9-10,16H,7-8H2,1-2H3. The number of rotatable bonds is 5. The fourth-order valence-corrected chi connectivity index (χ4v) is 2.64. The van der Waals surface area contributed by atoms with Crippen molar-refractivity contribution in [1.29, 1.82) is 0 Å². The highest BCUT2D eigenvalue weighted by Crippen LogP contribution is 2.12. The summed E-state index contributed by atoms with van der Waals surface area (Å²) >= 11 is 7.58. The van der Waals surface area contributed by atoms with Crippen LogP contribution in [-0.2, 0) is 13.0 Å². The highest BCUT2D eigenvalue weighted by molar-refractivity contribution is 7.09. The molecule has 4 heteroatoms. The average Bonchev–Trinajstić information content (AvgIpc) is 2.76. The lowest BCUT2D eigenvalue weighted by atomic mass is 10.1. The van der Waals surface area contributed by atoms with E-state index >= 15 is 0 Å². The molecule has 0 saturated heterocycles. The van der Waals surface area contributed by atoms with Crippen molar-refractivity contribution in [2.24, 2.45) is 0 Å². The van der Waals surface area contributed by atoms with Crippen LogP contribution in [0.15, 0.2) is 29.6 Å². The number of nitrogens with zero attached hydrogens (tertiary/aromatic N) is 1. The molecule has 96 valence electrons. The Morgan fingerprint density at radius 2 is 2.06 bits per heavy atom. The number of aromatic nitrogens is 1.